The average molecular weight is 264 g/mol. The van der Waals surface area contributed by atoms with Crippen LogP contribution in [-0.2, 0) is 4.79 Å². The molecule has 0 spiro atoms. The molecule has 1 atom stereocenters. The third-order valence-electron chi connectivity index (χ3n) is 2.87. The Balaban J connectivity index is 2.33. The molecule has 0 N–H and O–H groups in total. The highest BCUT2D eigenvalue weighted by molar-refractivity contribution is 6.30. The summed E-state index contributed by atoms with van der Waals surface area (Å²) in [6.45, 7) is 2.95. The van der Waals surface area contributed by atoms with Crippen molar-refractivity contribution in [2.24, 2.45) is 5.92 Å². The number of halogens is 1. The minimum Gasteiger partial charge on any atom is -0.492 e. The van der Waals surface area contributed by atoms with E-state index in [1.165, 1.54) is 0 Å². The summed E-state index contributed by atoms with van der Waals surface area (Å²) in [5.74, 6) is 3.25. The molecule has 0 aromatic heterocycles. The average Bonchev–Trinajstić information content (AvgIpc) is 2.71. The highest BCUT2D eigenvalue weighted by Crippen LogP contribution is 2.35. The molecule has 4 heteroatoms. The highest BCUT2D eigenvalue weighted by atomic mass is 35.5. The van der Waals surface area contributed by atoms with Crippen molar-refractivity contribution >= 4 is 23.2 Å². The number of terminal acetylenes is 1. The fourth-order valence-corrected chi connectivity index (χ4v) is 2.20. The number of hydrogen-bond acceptors (Lipinski definition) is 2. The number of amides is 1. The molecule has 1 aliphatic heterocycles. The Morgan fingerprint density at radius 1 is 1.61 bits per heavy atom. The van der Waals surface area contributed by atoms with Gasteiger partial charge >= 0.3 is 0 Å². The van der Waals surface area contributed by atoms with Crippen LogP contribution in [0.2, 0.25) is 5.02 Å². The molecule has 0 bridgehead atoms. The van der Waals surface area contributed by atoms with Gasteiger partial charge in [0.2, 0.25) is 5.91 Å². The Bertz CT molecular complexity index is 507. The quantitative estimate of drug-likeness (QED) is 0.785. The normalized spacial score (nSPS) is 18.8. The van der Waals surface area contributed by atoms with Crippen LogP contribution in [0.3, 0.4) is 0 Å². The van der Waals surface area contributed by atoms with E-state index in [1.54, 1.807) is 23.1 Å². The van der Waals surface area contributed by atoms with Crippen LogP contribution in [-0.4, -0.2) is 19.1 Å². The first-order chi connectivity index (χ1) is 8.65. The largest absolute Gasteiger partial charge is 0.492 e. The Morgan fingerprint density at radius 2 is 2.39 bits per heavy atom. The summed E-state index contributed by atoms with van der Waals surface area (Å²) >= 11 is 5.94. The van der Waals surface area contributed by atoms with Crippen molar-refractivity contribution in [1.29, 1.82) is 0 Å². The summed E-state index contributed by atoms with van der Waals surface area (Å²) in [7, 11) is 0. The van der Waals surface area contributed by atoms with E-state index in [2.05, 4.69) is 5.92 Å². The number of benzene rings is 1. The van der Waals surface area contributed by atoms with E-state index in [0.29, 0.717) is 30.3 Å². The van der Waals surface area contributed by atoms with Crippen molar-refractivity contribution in [2.45, 2.75) is 13.3 Å². The Hall–Kier alpha value is -1.66. The van der Waals surface area contributed by atoms with E-state index in [9.17, 15) is 4.79 Å². The van der Waals surface area contributed by atoms with E-state index in [0.717, 1.165) is 5.69 Å². The van der Waals surface area contributed by atoms with Crippen LogP contribution in [0.5, 0.6) is 5.75 Å². The first kappa shape index (κ1) is 12.8. The van der Waals surface area contributed by atoms with Gasteiger partial charge in [0.1, 0.15) is 5.75 Å². The van der Waals surface area contributed by atoms with Gasteiger partial charge in [-0.1, -0.05) is 11.6 Å². The number of carbonyl (C=O) groups is 1. The molecule has 2 rings (SSSR count). The van der Waals surface area contributed by atoms with Gasteiger partial charge in [0, 0.05) is 30.0 Å². The Kier molecular flexibility index (Phi) is 3.78. The second-order valence-corrected chi connectivity index (χ2v) is 4.55. The molecule has 18 heavy (non-hydrogen) atoms. The topological polar surface area (TPSA) is 29.5 Å². The van der Waals surface area contributed by atoms with Gasteiger partial charge in [-0.3, -0.25) is 4.79 Å². The molecule has 1 aromatic carbocycles. The predicted molar refractivity (Wildman–Crippen MR) is 71.9 cm³/mol. The van der Waals surface area contributed by atoms with Gasteiger partial charge < -0.3 is 9.64 Å². The summed E-state index contributed by atoms with van der Waals surface area (Å²) in [5.41, 5.74) is 0.740. The van der Waals surface area contributed by atoms with Crippen LogP contribution in [0.1, 0.15) is 13.3 Å². The van der Waals surface area contributed by atoms with Gasteiger partial charge in [0.15, 0.2) is 0 Å². The molecule has 3 nitrogen and oxygen atoms in total. The maximum Gasteiger partial charge on any atom is 0.228 e. The molecule has 1 heterocycles. The van der Waals surface area contributed by atoms with Gasteiger partial charge in [0.05, 0.1) is 12.3 Å². The molecular formula is C14H14ClNO2. The fourth-order valence-electron chi connectivity index (χ4n) is 2.03. The number of carbonyl (C=O) groups excluding carboxylic acids is 1. The molecule has 1 saturated heterocycles. The second-order valence-electron chi connectivity index (χ2n) is 4.12. The predicted octanol–water partition coefficient (Wildman–Crippen LogP) is 2.72. The molecule has 0 aliphatic carbocycles. The minimum atomic E-state index is -0.0253. The van der Waals surface area contributed by atoms with Crippen molar-refractivity contribution in [2.75, 3.05) is 18.1 Å². The zero-order valence-electron chi connectivity index (χ0n) is 10.1. The molecule has 94 valence electrons. The summed E-state index contributed by atoms with van der Waals surface area (Å²) in [6.07, 6.45) is 5.77. The third kappa shape index (κ3) is 2.44. The SMILES string of the molecule is C#CC1CC(=O)N(c2ccc(Cl)cc2OCC)C1. The number of ether oxygens (including phenoxy) is 1. The number of nitrogens with zero attached hydrogens (tertiary/aromatic N) is 1. The minimum absolute atomic E-state index is 0.0253. The lowest BCUT2D eigenvalue weighted by atomic mass is 10.1. The zero-order valence-corrected chi connectivity index (χ0v) is 10.9. The Morgan fingerprint density at radius 3 is 3.00 bits per heavy atom. The molecule has 1 aliphatic rings. The van der Waals surface area contributed by atoms with Gasteiger partial charge in [-0.05, 0) is 19.1 Å². The van der Waals surface area contributed by atoms with Crippen LogP contribution in [0.15, 0.2) is 18.2 Å². The molecule has 1 fully saturated rings. The van der Waals surface area contributed by atoms with E-state index < -0.39 is 0 Å². The van der Waals surface area contributed by atoms with Crippen LogP contribution >= 0.6 is 11.6 Å². The summed E-state index contributed by atoms with van der Waals surface area (Å²) in [5, 5.41) is 0.586. The van der Waals surface area contributed by atoms with Crippen LogP contribution in [0.25, 0.3) is 0 Å². The lowest BCUT2D eigenvalue weighted by molar-refractivity contribution is -0.117. The summed E-state index contributed by atoms with van der Waals surface area (Å²) in [4.78, 5) is 13.6. The zero-order chi connectivity index (χ0) is 13.1. The summed E-state index contributed by atoms with van der Waals surface area (Å²) < 4.78 is 5.52. The molecular weight excluding hydrogens is 250 g/mol. The van der Waals surface area contributed by atoms with Crippen molar-refractivity contribution in [3.63, 3.8) is 0 Å². The number of hydrogen-bond donors (Lipinski definition) is 0. The van der Waals surface area contributed by atoms with Gasteiger partial charge in [0.25, 0.3) is 0 Å². The first-order valence-corrected chi connectivity index (χ1v) is 6.22. The maximum absolute atomic E-state index is 11.9. The van der Waals surface area contributed by atoms with E-state index in [-0.39, 0.29) is 11.8 Å². The van der Waals surface area contributed by atoms with Gasteiger partial charge in [-0.2, -0.15) is 0 Å². The molecule has 1 amide bonds. The van der Waals surface area contributed by atoms with Crippen molar-refractivity contribution in [3.05, 3.63) is 23.2 Å². The standard InChI is InChI=1S/C14H14ClNO2/c1-3-10-7-14(17)16(9-10)12-6-5-11(15)8-13(12)18-4-2/h1,5-6,8,10H,4,7,9H2,2H3. The maximum atomic E-state index is 11.9. The van der Waals surface area contributed by atoms with Crippen LogP contribution in [0, 0.1) is 18.3 Å². The summed E-state index contributed by atoms with van der Waals surface area (Å²) in [6, 6.07) is 5.26. The highest BCUT2D eigenvalue weighted by Gasteiger charge is 2.31. The molecule has 0 saturated carbocycles. The molecule has 1 unspecified atom stereocenters. The van der Waals surface area contributed by atoms with Gasteiger partial charge in [-0.15, -0.1) is 12.3 Å². The lowest BCUT2D eigenvalue weighted by Crippen LogP contribution is -2.25. The van der Waals surface area contributed by atoms with Crippen molar-refractivity contribution in [3.8, 4) is 18.1 Å². The third-order valence-corrected chi connectivity index (χ3v) is 3.11. The van der Waals surface area contributed by atoms with Crippen molar-refractivity contribution in [1.82, 2.24) is 0 Å². The molecule has 1 aromatic rings. The smallest absolute Gasteiger partial charge is 0.228 e. The lowest BCUT2D eigenvalue weighted by Gasteiger charge is -2.19. The first-order valence-electron chi connectivity index (χ1n) is 5.84. The van der Waals surface area contributed by atoms with Crippen LogP contribution in [0.4, 0.5) is 5.69 Å². The molecule has 0 radical (unpaired) electrons. The van der Waals surface area contributed by atoms with E-state index in [1.807, 2.05) is 6.92 Å². The Labute approximate surface area is 112 Å². The van der Waals surface area contributed by atoms with E-state index in [4.69, 9.17) is 22.8 Å². The number of anilines is 1. The second kappa shape index (κ2) is 5.32. The number of rotatable bonds is 3. The monoisotopic (exact) mass is 263 g/mol. The van der Waals surface area contributed by atoms with E-state index >= 15 is 0 Å². The van der Waals surface area contributed by atoms with Gasteiger partial charge in [-0.25, -0.2) is 0 Å². The van der Waals surface area contributed by atoms with Crippen molar-refractivity contribution < 1.29 is 9.53 Å². The van der Waals surface area contributed by atoms with Crippen LogP contribution < -0.4 is 9.64 Å². The fraction of sp³-hybridized carbons (Fsp3) is 0.357.